The Kier molecular flexibility index (Phi) is 63.3. The van der Waals surface area contributed by atoms with Gasteiger partial charge < -0.3 is 14.2 Å². The van der Waals surface area contributed by atoms with E-state index in [4.69, 9.17) is 14.2 Å². The van der Waals surface area contributed by atoms with Gasteiger partial charge in [-0.15, -0.1) is 0 Å². The third kappa shape index (κ3) is 64.4. The second-order valence-corrected chi connectivity index (χ2v) is 21.6. The van der Waals surface area contributed by atoms with E-state index in [1.165, 1.54) is 103 Å². The molecule has 0 saturated carbocycles. The summed E-state index contributed by atoms with van der Waals surface area (Å²) in [6.07, 6.45) is 94.5. The van der Waals surface area contributed by atoms with Crippen LogP contribution in [0.4, 0.5) is 0 Å². The lowest BCUT2D eigenvalue weighted by atomic mass is 10.1. The van der Waals surface area contributed by atoms with Gasteiger partial charge >= 0.3 is 17.9 Å². The Morgan fingerprint density at radius 1 is 0.263 bits per heavy atom. The zero-order valence-corrected chi connectivity index (χ0v) is 52.0. The Morgan fingerprint density at radius 2 is 0.500 bits per heavy atom. The molecule has 6 nitrogen and oxygen atoms in total. The third-order valence-electron chi connectivity index (χ3n) is 13.9. The van der Waals surface area contributed by atoms with Gasteiger partial charge in [-0.25, -0.2) is 0 Å². The molecule has 80 heavy (non-hydrogen) atoms. The summed E-state index contributed by atoms with van der Waals surface area (Å²) in [5.41, 5.74) is 0. The van der Waals surface area contributed by atoms with Gasteiger partial charge in [-0.2, -0.15) is 0 Å². The largest absolute Gasteiger partial charge is 0.462 e. The molecule has 0 radical (unpaired) electrons. The minimum atomic E-state index is -0.801. The quantitative estimate of drug-likeness (QED) is 0.0261. The van der Waals surface area contributed by atoms with Crippen molar-refractivity contribution in [3.8, 4) is 0 Å². The highest BCUT2D eigenvalue weighted by Crippen LogP contribution is 2.15. The van der Waals surface area contributed by atoms with Crippen LogP contribution in [0.15, 0.2) is 134 Å². The van der Waals surface area contributed by atoms with Gasteiger partial charge in [0.15, 0.2) is 6.10 Å². The first-order chi connectivity index (χ1) is 39.5. The summed E-state index contributed by atoms with van der Waals surface area (Å²) >= 11 is 0. The lowest BCUT2D eigenvalue weighted by Crippen LogP contribution is -2.30. The summed E-state index contributed by atoms with van der Waals surface area (Å²) in [6.45, 7) is 6.46. The van der Waals surface area contributed by atoms with E-state index in [2.05, 4.69) is 154 Å². The van der Waals surface area contributed by atoms with Gasteiger partial charge in [0, 0.05) is 19.3 Å². The van der Waals surface area contributed by atoms with Crippen LogP contribution in [0.5, 0.6) is 0 Å². The maximum Gasteiger partial charge on any atom is 0.306 e. The number of ether oxygens (including phenoxy) is 3. The zero-order valence-electron chi connectivity index (χ0n) is 52.0. The molecule has 0 bridgehead atoms. The smallest absolute Gasteiger partial charge is 0.306 e. The van der Waals surface area contributed by atoms with E-state index in [9.17, 15) is 14.4 Å². The summed E-state index contributed by atoms with van der Waals surface area (Å²) in [5.74, 6) is -0.929. The first kappa shape index (κ1) is 75.5. The Bertz CT molecular complexity index is 1700. The number of carbonyl (C=O) groups excluding carboxylic acids is 3. The van der Waals surface area contributed by atoms with Crippen molar-refractivity contribution >= 4 is 17.9 Å². The van der Waals surface area contributed by atoms with Crippen molar-refractivity contribution in [1.82, 2.24) is 0 Å². The zero-order chi connectivity index (χ0) is 57.8. The fourth-order valence-corrected chi connectivity index (χ4v) is 8.88. The molecule has 0 aliphatic heterocycles. The number of allylic oxidation sites excluding steroid dienone is 22. The van der Waals surface area contributed by atoms with Crippen LogP contribution in [0.2, 0.25) is 0 Å². The van der Waals surface area contributed by atoms with E-state index >= 15 is 0 Å². The highest BCUT2D eigenvalue weighted by atomic mass is 16.6. The molecule has 0 amide bonds. The summed E-state index contributed by atoms with van der Waals surface area (Å²) in [7, 11) is 0. The number of rotatable bonds is 59. The van der Waals surface area contributed by atoms with E-state index in [1.54, 1.807) is 0 Å². The highest BCUT2D eigenvalue weighted by molar-refractivity contribution is 5.71. The van der Waals surface area contributed by atoms with E-state index in [1.807, 2.05) is 0 Å². The topological polar surface area (TPSA) is 78.9 Å². The number of hydrogen-bond donors (Lipinski definition) is 0. The molecule has 454 valence electrons. The number of unbranched alkanes of at least 4 members (excludes halogenated alkanes) is 26. The first-order valence-electron chi connectivity index (χ1n) is 33.2. The van der Waals surface area contributed by atoms with Crippen molar-refractivity contribution in [2.45, 2.75) is 303 Å². The molecule has 1 unspecified atom stereocenters. The molecule has 0 N–H and O–H groups in total. The molecule has 0 rings (SSSR count). The summed E-state index contributed by atoms with van der Waals surface area (Å²) < 4.78 is 16.9. The fourth-order valence-electron chi connectivity index (χ4n) is 8.88. The summed E-state index contributed by atoms with van der Waals surface area (Å²) in [5, 5.41) is 0. The maximum absolute atomic E-state index is 12.9. The van der Waals surface area contributed by atoms with Crippen LogP contribution in [0.3, 0.4) is 0 Å². The van der Waals surface area contributed by atoms with Crippen LogP contribution >= 0.6 is 0 Å². The van der Waals surface area contributed by atoms with Gasteiger partial charge in [0.25, 0.3) is 0 Å². The van der Waals surface area contributed by atoms with Crippen molar-refractivity contribution in [1.29, 1.82) is 0 Å². The third-order valence-corrected chi connectivity index (χ3v) is 13.9. The Morgan fingerprint density at radius 3 is 0.800 bits per heavy atom. The molecule has 0 saturated heterocycles. The second-order valence-electron chi connectivity index (χ2n) is 21.6. The lowest BCUT2D eigenvalue weighted by Gasteiger charge is -2.18. The van der Waals surface area contributed by atoms with Crippen LogP contribution in [-0.4, -0.2) is 37.2 Å². The van der Waals surface area contributed by atoms with Crippen molar-refractivity contribution in [2.24, 2.45) is 0 Å². The Hall–Kier alpha value is -4.45. The highest BCUT2D eigenvalue weighted by Gasteiger charge is 2.19. The maximum atomic E-state index is 12.9. The Balaban J connectivity index is 4.42. The molecule has 0 spiro atoms. The van der Waals surface area contributed by atoms with Gasteiger partial charge in [-0.1, -0.05) is 276 Å². The Labute approximate surface area is 494 Å². The van der Waals surface area contributed by atoms with Crippen LogP contribution < -0.4 is 0 Å². The second kappa shape index (κ2) is 67.1. The molecule has 0 fully saturated rings. The normalized spacial score (nSPS) is 13.0. The van der Waals surface area contributed by atoms with Crippen LogP contribution in [0.1, 0.15) is 297 Å². The lowest BCUT2D eigenvalue weighted by molar-refractivity contribution is -0.167. The standard InChI is InChI=1S/C74H122O6/c1-4-7-10-13-16-19-22-25-28-30-32-34-35-36-37-38-39-41-42-44-46-49-52-55-58-61-64-67-73(76)79-70-71(69-78-72(75)66-63-60-57-54-51-48-27-24-21-18-15-12-9-6-3)80-74(77)68-65-62-59-56-53-50-47-45-43-40-33-31-29-26-23-20-17-14-11-8-5-2/h7,10,15-16,18-19,23-28,31-34,36-37,39,41,44,46,71H,4-6,8-9,11-14,17,20-22,29-30,35,38,40,42-43,45,47-70H2,1-3H3/b10-7-,18-15-,19-16-,26-23-,27-24-,28-25-,33-31-,34-32-,37-36-,41-39-,46-44-. The molecular weight excluding hydrogens is 985 g/mol. The molecule has 0 aliphatic rings. The molecule has 1 atom stereocenters. The number of carbonyl (C=O) groups is 3. The van der Waals surface area contributed by atoms with E-state index < -0.39 is 6.10 Å². The number of esters is 3. The van der Waals surface area contributed by atoms with Gasteiger partial charge in [0.05, 0.1) is 0 Å². The predicted molar refractivity (Wildman–Crippen MR) is 348 cm³/mol. The van der Waals surface area contributed by atoms with Crippen molar-refractivity contribution < 1.29 is 28.6 Å². The summed E-state index contributed by atoms with van der Waals surface area (Å²) in [6, 6.07) is 0. The molecule has 6 heteroatoms. The van der Waals surface area contributed by atoms with Gasteiger partial charge in [0.1, 0.15) is 13.2 Å². The molecule has 0 aromatic carbocycles. The van der Waals surface area contributed by atoms with Crippen molar-refractivity contribution in [2.75, 3.05) is 13.2 Å². The average molecular weight is 1110 g/mol. The minimum absolute atomic E-state index is 0.0965. The van der Waals surface area contributed by atoms with Gasteiger partial charge in [0.2, 0.25) is 0 Å². The fraction of sp³-hybridized carbons (Fsp3) is 0.662. The van der Waals surface area contributed by atoms with E-state index in [0.717, 1.165) is 154 Å². The molecule has 0 heterocycles. The predicted octanol–water partition coefficient (Wildman–Crippen LogP) is 22.9. The van der Waals surface area contributed by atoms with Gasteiger partial charge in [-0.05, 0) is 135 Å². The van der Waals surface area contributed by atoms with Crippen LogP contribution in [0.25, 0.3) is 0 Å². The first-order valence-corrected chi connectivity index (χ1v) is 33.2. The monoisotopic (exact) mass is 1110 g/mol. The van der Waals surface area contributed by atoms with Crippen LogP contribution in [0, 0.1) is 0 Å². The minimum Gasteiger partial charge on any atom is -0.462 e. The van der Waals surface area contributed by atoms with Crippen molar-refractivity contribution in [3.63, 3.8) is 0 Å². The average Bonchev–Trinajstić information content (AvgIpc) is 3.46. The van der Waals surface area contributed by atoms with E-state index in [-0.39, 0.29) is 31.1 Å². The molecule has 0 aliphatic carbocycles. The number of hydrogen-bond acceptors (Lipinski definition) is 6. The molecular formula is C74H122O6. The van der Waals surface area contributed by atoms with Gasteiger partial charge in [-0.3, -0.25) is 14.4 Å². The summed E-state index contributed by atoms with van der Waals surface area (Å²) in [4.78, 5) is 38.4. The van der Waals surface area contributed by atoms with Crippen molar-refractivity contribution in [3.05, 3.63) is 134 Å². The van der Waals surface area contributed by atoms with Crippen LogP contribution in [-0.2, 0) is 28.6 Å². The molecule has 0 aromatic rings. The molecule has 0 aromatic heterocycles. The van der Waals surface area contributed by atoms with E-state index in [0.29, 0.717) is 19.3 Å². The SMILES string of the molecule is CC/C=C\C/C=C\C/C=C\C/C=C\C/C=C\C/C=C\C/C=C\CCCCCCCC(=O)OCC(COC(=O)CCCCCCC/C=C\C/C=C\CCCC)OC(=O)CCCCCCCCCCC/C=C\C/C=C\CCCCCCC.